The van der Waals surface area contributed by atoms with Crippen LogP contribution in [0.4, 0.5) is 4.79 Å². The zero-order valence-electron chi connectivity index (χ0n) is 15.9. The zero-order valence-corrected chi connectivity index (χ0v) is 17.5. The lowest BCUT2D eigenvalue weighted by molar-refractivity contribution is 0.0188. The molecule has 1 N–H and O–H groups in total. The summed E-state index contributed by atoms with van der Waals surface area (Å²) in [4.78, 5) is 14.0. The number of amides is 1. The monoisotopic (exact) mass is 402 g/mol. The van der Waals surface area contributed by atoms with Crippen molar-refractivity contribution in [3.63, 3.8) is 0 Å². The molecule has 1 atom stereocenters. The zero-order chi connectivity index (χ0) is 19.3. The van der Waals surface area contributed by atoms with Gasteiger partial charge in [0.1, 0.15) is 5.60 Å². The lowest BCUT2D eigenvalue weighted by Gasteiger charge is -2.34. The molecule has 6 nitrogen and oxygen atoms in total. The SMILES string of the molecule is Cc1c(Cl)nnc(Cl)c1CCCN[C@@H]1CCCN(C(=O)OC(C)(C)C)C1. The van der Waals surface area contributed by atoms with Gasteiger partial charge in [-0.05, 0) is 71.0 Å². The van der Waals surface area contributed by atoms with E-state index in [0.717, 1.165) is 49.9 Å². The average molecular weight is 403 g/mol. The van der Waals surface area contributed by atoms with Gasteiger partial charge in [-0.2, -0.15) is 0 Å². The third kappa shape index (κ3) is 6.25. The fourth-order valence-electron chi connectivity index (χ4n) is 3.00. The van der Waals surface area contributed by atoms with Gasteiger partial charge in [-0.25, -0.2) is 4.79 Å². The molecule has 26 heavy (non-hydrogen) atoms. The normalized spacial score (nSPS) is 18.1. The molecule has 0 saturated carbocycles. The molecule has 1 aliphatic heterocycles. The van der Waals surface area contributed by atoms with E-state index in [1.165, 1.54) is 0 Å². The number of likely N-dealkylation sites (tertiary alicyclic amines) is 1. The van der Waals surface area contributed by atoms with Crippen LogP contribution in [-0.2, 0) is 11.2 Å². The Bertz CT molecular complexity index is 634. The van der Waals surface area contributed by atoms with Gasteiger partial charge in [-0.15, -0.1) is 10.2 Å². The molecule has 8 heteroatoms. The van der Waals surface area contributed by atoms with Gasteiger partial charge in [0.25, 0.3) is 0 Å². The third-order valence-electron chi connectivity index (χ3n) is 4.35. The van der Waals surface area contributed by atoms with E-state index in [9.17, 15) is 4.79 Å². The number of nitrogens with one attached hydrogen (secondary N) is 1. The van der Waals surface area contributed by atoms with Gasteiger partial charge in [0.05, 0.1) is 0 Å². The Balaban J connectivity index is 1.78. The number of ether oxygens (including phenoxy) is 1. The van der Waals surface area contributed by atoms with Crippen molar-refractivity contribution in [2.75, 3.05) is 19.6 Å². The molecule has 2 heterocycles. The smallest absolute Gasteiger partial charge is 0.410 e. The Morgan fingerprint density at radius 3 is 2.69 bits per heavy atom. The van der Waals surface area contributed by atoms with Crippen molar-refractivity contribution < 1.29 is 9.53 Å². The number of hydrogen-bond donors (Lipinski definition) is 1. The highest BCUT2D eigenvalue weighted by Gasteiger charge is 2.27. The number of aromatic nitrogens is 2. The van der Waals surface area contributed by atoms with Crippen molar-refractivity contribution in [2.24, 2.45) is 0 Å². The average Bonchev–Trinajstić information content (AvgIpc) is 2.56. The second-order valence-corrected chi connectivity index (χ2v) is 8.42. The third-order valence-corrected chi connectivity index (χ3v) is 5.01. The molecule has 1 amide bonds. The minimum absolute atomic E-state index is 0.232. The molecule has 146 valence electrons. The molecule has 0 unspecified atom stereocenters. The van der Waals surface area contributed by atoms with Crippen molar-refractivity contribution in [2.45, 2.75) is 65.0 Å². The first-order valence-electron chi connectivity index (χ1n) is 9.06. The van der Waals surface area contributed by atoms with Gasteiger partial charge in [0.2, 0.25) is 0 Å². The van der Waals surface area contributed by atoms with Crippen molar-refractivity contribution >= 4 is 29.3 Å². The second kappa shape index (κ2) is 9.20. The van der Waals surface area contributed by atoms with E-state index in [2.05, 4.69) is 15.5 Å². The fraction of sp³-hybridized carbons (Fsp3) is 0.722. The summed E-state index contributed by atoms with van der Waals surface area (Å²) < 4.78 is 5.47. The van der Waals surface area contributed by atoms with Gasteiger partial charge < -0.3 is 15.0 Å². The molecular formula is C18H28Cl2N4O2. The maximum atomic E-state index is 12.2. The Morgan fingerprint density at radius 2 is 2.00 bits per heavy atom. The van der Waals surface area contributed by atoms with Crippen LogP contribution in [0.3, 0.4) is 0 Å². The van der Waals surface area contributed by atoms with Gasteiger partial charge in [-0.1, -0.05) is 23.2 Å². The van der Waals surface area contributed by atoms with Crippen molar-refractivity contribution in [1.82, 2.24) is 20.4 Å². The number of nitrogens with zero attached hydrogens (tertiary/aromatic N) is 3. The van der Waals surface area contributed by atoms with E-state index in [4.69, 9.17) is 27.9 Å². The fourth-order valence-corrected chi connectivity index (χ4v) is 3.43. The van der Waals surface area contributed by atoms with Crippen LogP contribution in [-0.4, -0.2) is 52.5 Å². The van der Waals surface area contributed by atoms with Crippen molar-refractivity contribution in [3.05, 3.63) is 21.4 Å². The highest BCUT2D eigenvalue weighted by atomic mass is 35.5. The van der Waals surface area contributed by atoms with Crippen LogP contribution >= 0.6 is 23.2 Å². The van der Waals surface area contributed by atoms with Crippen LogP contribution in [0.2, 0.25) is 10.3 Å². The van der Waals surface area contributed by atoms with E-state index in [-0.39, 0.29) is 12.1 Å². The summed E-state index contributed by atoms with van der Waals surface area (Å²) in [6.07, 6.45) is 3.50. The van der Waals surface area contributed by atoms with Gasteiger partial charge in [0, 0.05) is 19.1 Å². The Morgan fingerprint density at radius 1 is 1.31 bits per heavy atom. The number of carbonyl (C=O) groups excluding carboxylic acids is 1. The standard InChI is InChI=1S/C18H28Cl2N4O2/c1-12-14(16(20)23-22-15(12)19)8-5-9-21-13-7-6-10-24(11-13)17(25)26-18(2,3)4/h13,21H,5-11H2,1-4H3/t13-/m1/s1. The van der Waals surface area contributed by atoms with Crippen LogP contribution in [0.1, 0.15) is 51.2 Å². The molecule has 0 bridgehead atoms. The van der Waals surface area contributed by atoms with Crippen LogP contribution in [0.25, 0.3) is 0 Å². The quantitative estimate of drug-likeness (QED) is 0.753. The van der Waals surface area contributed by atoms with Crippen LogP contribution in [0.15, 0.2) is 0 Å². The molecule has 0 aromatic carbocycles. The molecular weight excluding hydrogens is 375 g/mol. The number of hydrogen-bond acceptors (Lipinski definition) is 5. The summed E-state index contributed by atoms with van der Waals surface area (Å²) in [6.45, 7) is 9.84. The number of piperidine rings is 1. The Labute approximate surface area is 165 Å². The summed E-state index contributed by atoms with van der Waals surface area (Å²) in [5, 5.41) is 12.0. The largest absolute Gasteiger partial charge is 0.444 e. The first-order chi connectivity index (χ1) is 12.2. The Hall–Kier alpha value is -1.11. The van der Waals surface area contributed by atoms with Crippen LogP contribution in [0, 0.1) is 6.92 Å². The first-order valence-corrected chi connectivity index (χ1v) is 9.81. The summed E-state index contributed by atoms with van der Waals surface area (Å²) in [5.74, 6) is 0. The van der Waals surface area contributed by atoms with E-state index in [1.54, 1.807) is 4.90 Å². The predicted molar refractivity (Wildman–Crippen MR) is 104 cm³/mol. The highest BCUT2D eigenvalue weighted by molar-refractivity contribution is 6.32. The summed E-state index contributed by atoms with van der Waals surface area (Å²) in [5.41, 5.74) is 1.38. The van der Waals surface area contributed by atoms with Gasteiger partial charge >= 0.3 is 6.09 Å². The van der Waals surface area contributed by atoms with E-state index < -0.39 is 5.60 Å². The summed E-state index contributed by atoms with van der Waals surface area (Å²) in [6, 6.07) is 0.284. The molecule has 0 spiro atoms. The maximum Gasteiger partial charge on any atom is 0.410 e. The predicted octanol–water partition coefficient (Wildman–Crippen LogP) is 4.01. The van der Waals surface area contributed by atoms with E-state index in [0.29, 0.717) is 16.9 Å². The van der Waals surface area contributed by atoms with Crippen molar-refractivity contribution in [1.29, 1.82) is 0 Å². The molecule has 1 aromatic rings. The molecule has 1 aromatic heterocycles. The molecule has 1 saturated heterocycles. The van der Waals surface area contributed by atoms with Crippen LogP contribution in [0.5, 0.6) is 0 Å². The van der Waals surface area contributed by atoms with Crippen LogP contribution < -0.4 is 5.32 Å². The Kier molecular flexibility index (Phi) is 7.50. The summed E-state index contributed by atoms with van der Waals surface area (Å²) in [7, 11) is 0. The van der Waals surface area contributed by atoms with Gasteiger partial charge in [0.15, 0.2) is 10.3 Å². The number of rotatable bonds is 5. The minimum Gasteiger partial charge on any atom is -0.444 e. The second-order valence-electron chi connectivity index (χ2n) is 7.71. The first kappa shape index (κ1) is 21.2. The molecule has 0 radical (unpaired) electrons. The molecule has 1 aliphatic rings. The minimum atomic E-state index is -0.464. The lowest BCUT2D eigenvalue weighted by Crippen LogP contribution is -2.49. The summed E-state index contributed by atoms with van der Waals surface area (Å²) >= 11 is 12.1. The van der Waals surface area contributed by atoms with Crippen molar-refractivity contribution in [3.8, 4) is 0 Å². The van der Waals surface area contributed by atoms with E-state index in [1.807, 2.05) is 27.7 Å². The maximum absolute atomic E-state index is 12.2. The number of carbonyl (C=O) groups is 1. The van der Waals surface area contributed by atoms with Gasteiger partial charge in [-0.3, -0.25) is 0 Å². The molecule has 2 rings (SSSR count). The lowest BCUT2D eigenvalue weighted by atomic mass is 10.0. The van der Waals surface area contributed by atoms with E-state index >= 15 is 0 Å². The molecule has 0 aliphatic carbocycles. The topological polar surface area (TPSA) is 67.4 Å². The number of halogens is 2. The highest BCUT2D eigenvalue weighted by Crippen LogP contribution is 2.23. The molecule has 1 fully saturated rings.